The van der Waals surface area contributed by atoms with Crippen LogP contribution in [0.2, 0.25) is 0 Å². The average molecular weight is 264 g/mol. The van der Waals surface area contributed by atoms with Crippen molar-refractivity contribution in [3.8, 4) is 0 Å². The Hall–Kier alpha value is -2.70. The summed E-state index contributed by atoms with van der Waals surface area (Å²) in [6.07, 6.45) is 0. The van der Waals surface area contributed by atoms with E-state index in [0.29, 0.717) is 0 Å². The van der Waals surface area contributed by atoms with Crippen LogP contribution < -0.4 is 0 Å². The van der Waals surface area contributed by atoms with E-state index in [9.17, 15) is 19.2 Å². The molecule has 0 bridgehead atoms. The number of methoxy groups -OCH3 is 2. The molecule has 19 heavy (non-hydrogen) atoms. The molecule has 1 aromatic rings. The molecule has 7 nitrogen and oxygen atoms in total. The summed E-state index contributed by atoms with van der Waals surface area (Å²) in [6, 6.07) is 2.43. The number of hydrogen-bond acceptors (Lipinski definition) is 7. The minimum Gasteiger partial charge on any atom is -0.465 e. The van der Waals surface area contributed by atoms with Crippen molar-refractivity contribution >= 4 is 23.9 Å². The summed E-state index contributed by atoms with van der Waals surface area (Å²) in [5, 5.41) is 0. The first-order chi connectivity index (χ1) is 9.01. The van der Waals surface area contributed by atoms with Gasteiger partial charge >= 0.3 is 23.9 Å². The third-order valence-corrected chi connectivity index (χ3v) is 2.61. The Labute approximate surface area is 107 Å². The Kier molecular flexibility index (Phi) is 3.04. The highest BCUT2D eigenvalue weighted by Gasteiger charge is 2.37. The number of hydrogen-bond donors (Lipinski definition) is 0. The zero-order valence-electron chi connectivity index (χ0n) is 10.0. The molecule has 0 aliphatic carbocycles. The fourth-order valence-corrected chi connectivity index (χ4v) is 1.77. The summed E-state index contributed by atoms with van der Waals surface area (Å²) in [6.45, 7) is 0. The van der Waals surface area contributed by atoms with Gasteiger partial charge in [-0.15, -0.1) is 0 Å². The van der Waals surface area contributed by atoms with E-state index in [0.717, 1.165) is 14.2 Å². The normalized spacial score (nSPS) is 12.7. The molecule has 0 spiro atoms. The predicted molar refractivity (Wildman–Crippen MR) is 58.9 cm³/mol. The topological polar surface area (TPSA) is 96.0 Å². The van der Waals surface area contributed by atoms with Gasteiger partial charge in [0.2, 0.25) is 0 Å². The lowest BCUT2D eigenvalue weighted by Crippen LogP contribution is -2.16. The summed E-state index contributed by atoms with van der Waals surface area (Å²) >= 11 is 0. The zero-order chi connectivity index (χ0) is 14.2. The van der Waals surface area contributed by atoms with Crippen LogP contribution in [-0.2, 0) is 14.2 Å². The van der Waals surface area contributed by atoms with E-state index in [2.05, 4.69) is 14.2 Å². The number of ether oxygens (including phenoxy) is 3. The van der Waals surface area contributed by atoms with Crippen molar-refractivity contribution in [2.24, 2.45) is 0 Å². The summed E-state index contributed by atoms with van der Waals surface area (Å²) in [5.41, 5.74) is -0.861. The molecule has 0 atom stereocenters. The number of rotatable bonds is 2. The van der Waals surface area contributed by atoms with E-state index in [4.69, 9.17) is 0 Å². The first-order valence-electron chi connectivity index (χ1n) is 5.11. The van der Waals surface area contributed by atoms with Crippen LogP contribution in [0, 0.1) is 0 Å². The van der Waals surface area contributed by atoms with E-state index >= 15 is 0 Å². The monoisotopic (exact) mass is 264 g/mol. The lowest BCUT2D eigenvalue weighted by atomic mass is 9.97. The predicted octanol–water partition coefficient (Wildman–Crippen LogP) is 0.570. The standard InChI is InChI=1S/C12H8O7/c1-17-9(13)5-3-4-6-8(7(5)11(15)18-2)12(16)19-10(6)14/h3-4H,1-2H3. The molecule has 2 rings (SSSR count). The summed E-state index contributed by atoms with van der Waals surface area (Å²) in [5.74, 6) is -3.62. The highest BCUT2D eigenvalue weighted by atomic mass is 16.6. The molecular formula is C12H8O7. The molecule has 1 aliphatic rings. The van der Waals surface area contributed by atoms with Crippen LogP contribution in [0.4, 0.5) is 0 Å². The lowest BCUT2D eigenvalue weighted by Gasteiger charge is -2.08. The number of cyclic esters (lactones) is 2. The minimum atomic E-state index is -0.994. The molecule has 7 heteroatoms. The maximum atomic E-state index is 11.7. The maximum absolute atomic E-state index is 11.7. The lowest BCUT2D eigenvalue weighted by molar-refractivity contribution is 0.0437. The van der Waals surface area contributed by atoms with Crippen LogP contribution in [0.3, 0.4) is 0 Å². The van der Waals surface area contributed by atoms with E-state index < -0.39 is 23.9 Å². The molecule has 0 aromatic heterocycles. The Bertz CT molecular complexity index is 615. The molecule has 0 saturated carbocycles. The van der Waals surface area contributed by atoms with Gasteiger partial charge in [0.25, 0.3) is 0 Å². The third kappa shape index (κ3) is 1.85. The van der Waals surface area contributed by atoms with Crippen LogP contribution in [-0.4, -0.2) is 38.1 Å². The number of benzene rings is 1. The highest BCUT2D eigenvalue weighted by Crippen LogP contribution is 2.27. The van der Waals surface area contributed by atoms with Gasteiger partial charge in [-0.2, -0.15) is 0 Å². The van der Waals surface area contributed by atoms with Gasteiger partial charge in [0.1, 0.15) is 0 Å². The second-order valence-corrected chi connectivity index (χ2v) is 3.57. The number of carbonyl (C=O) groups excluding carboxylic acids is 4. The smallest absolute Gasteiger partial charge is 0.347 e. The first kappa shape index (κ1) is 12.7. The molecule has 98 valence electrons. The Morgan fingerprint density at radius 1 is 1.00 bits per heavy atom. The highest BCUT2D eigenvalue weighted by molar-refractivity contribution is 6.21. The SMILES string of the molecule is COC(=O)c1ccc2c(c1C(=O)OC)C(=O)OC2=O. The van der Waals surface area contributed by atoms with Crippen molar-refractivity contribution in [1.82, 2.24) is 0 Å². The quantitative estimate of drug-likeness (QED) is 0.437. The fourth-order valence-electron chi connectivity index (χ4n) is 1.77. The molecule has 1 aromatic carbocycles. The molecule has 0 fully saturated rings. The third-order valence-electron chi connectivity index (χ3n) is 2.61. The van der Waals surface area contributed by atoms with Crippen molar-refractivity contribution in [2.75, 3.05) is 14.2 Å². The van der Waals surface area contributed by atoms with Crippen molar-refractivity contribution in [3.63, 3.8) is 0 Å². The van der Waals surface area contributed by atoms with Crippen LogP contribution in [0.25, 0.3) is 0 Å². The Morgan fingerprint density at radius 2 is 1.63 bits per heavy atom. The van der Waals surface area contributed by atoms with E-state index in [1.54, 1.807) is 0 Å². The van der Waals surface area contributed by atoms with Crippen LogP contribution in [0.15, 0.2) is 12.1 Å². The second-order valence-electron chi connectivity index (χ2n) is 3.57. The van der Waals surface area contributed by atoms with Gasteiger partial charge in [-0.05, 0) is 12.1 Å². The summed E-state index contributed by atoms with van der Waals surface area (Å²) < 4.78 is 13.4. The molecule has 0 unspecified atom stereocenters. The van der Waals surface area contributed by atoms with Gasteiger partial charge in [0.05, 0.1) is 36.5 Å². The van der Waals surface area contributed by atoms with E-state index in [-0.39, 0.29) is 22.3 Å². The molecular weight excluding hydrogens is 256 g/mol. The molecule has 0 radical (unpaired) electrons. The second kappa shape index (κ2) is 4.52. The maximum Gasteiger partial charge on any atom is 0.347 e. The van der Waals surface area contributed by atoms with E-state index in [1.807, 2.05) is 0 Å². The van der Waals surface area contributed by atoms with Gasteiger partial charge < -0.3 is 14.2 Å². The Morgan fingerprint density at radius 3 is 2.21 bits per heavy atom. The van der Waals surface area contributed by atoms with Crippen molar-refractivity contribution < 1.29 is 33.4 Å². The largest absolute Gasteiger partial charge is 0.465 e. The fraction of sp³-hybridized carbons (Fsp3) is 0.167. The zero-order valence-corrected chi connectivity index (χ0v) is 10.0. The molecule has 0 saturated heterocycles. The van der Waals surface area contributed by atoms with Crippen molar-refractivity contribution in [1.29, 1.82) is 0 Å². The number of carbonyl (C=O) groups is 4. The van der Waals surface area contributed by atoms with Gasteiger partial charge in [0.15, 0.2) is 0 Å². The van der Waals surface area contributed by atoms with Crippen molar-refractivity contribution in [3.05, 3.63) is 34.4 Å². The summed E-state index contributed by atoms with van der Waals surface area (Å²) in [7, 11) is 2.21. The molecule has 1 aliphatic heterocycles. The van der Waals surface area contributed by atoms with Crippen LogP contribution >= 0.6 is 0 Å². The minimum absolute atomic E-state index is 0.0851. The van der Waals surface area contributed by atoms with Crippen LogP contribution in [0.5, 0.6) is 0 Å². The van der Waals surface area contributed by atoms with Crippen molar-refractivity contribution in [2.45, 2.75) is 0 Å². The van der Waals surface area contributed by atoms with Gasteiger partial charge in [-0.25, -0.2) is 19.2 Å². The van der Waals surface area contributed by atoms with E-state index in [1.165, 1.54) is 12.1 Å². The van der Waals surface area contributed by atoms with Crippen LogP contribution in [0.1, 0.15) is 41.4 Å². The first-order valence-corrected chi connectivity index (χ1v) is 5.11. The molecule has 0 N–H and O–H groups in total. The van der Waals surface area contributed by atoms with Gasteiger partial charge in [-0.1, -0.05) is 0 Å². The van der Waals surface area contributed by atoms with Gasteiger partial charge in [-0.3, -0.25) is 0 Å². The molecule has 1 heterocycles. The van der Waals surface area contributed by atoms with Gasteiger partial charge in [0, 0.05) is 0 Å². The number of esters is 4. The summed E-state index contributed by atoms with van der Waals surface area (Å²) in [4.78, 5) is 46.2. The average Bonchev–Trinajstić information content (AvgIpc) is 2.71. The number of fused-ring (bicyclic) bond motifs is 1. The molecule has 0 amide bonds. The Balaban J connectivity index is 2.77.